The van der Waals surface area contributed by atoms with Gasteiger partial charge in [0.1, 0.15) is 11.2 Å². The van der Waals surface area contributed by atoms with Crippen LogP contribution < -0.4 is 0 Å². The van der Waals surface area contributed by atoms with E-state index >= 15 is 0 Å². The van der Waals surface area contributed by atoms with Crippen molar-refractivity contribution in [1.29, 1.82) is 0 Å². The van der Waals surface area contributed by atoms with Crippen LogP contribution in [0.4, 0.5) is 0 Å². The minimum atomic E-state index is -0.414. The molecule has 4 aliphatic carbocycles. The fourth-order valence-electron chi connectivity index (χ4n) is 6.79. The van der Waals surface area contributed by atoms with Crippen LogP contribution in [-0.2, 0) is 23.8 Å². The molecule has 0 radical (unpaired) electrons. The molecule has 5 aliphatic rings. The summed E-state index contributed by atoms with van der Waals surface area (Å²) in [5.74, 6) is -0.115. The molecule has 0 aromatic rings. The Morgan fingerprint density at radius 1 is 0.958 bits per heavy atom. The number of epoxide rings is 1. The summed E-state index contributed by atoms with van der Waals surface area (Å²) < 4.78 is 16.6. The Kier molecular flexibility index (Phi) is 2.53. The van der Waals surface area contributed by atoms with Gasteiger partial charge in [-0.1, -0.05) is 5.57 Å². The zero-order chi connectivity index (χ0) is 17.0. The molecule has 5 heteroatoms. The molecule has 0 aromatic heterocycles. The third-order valence-corrected chi connectivity index (χ3v) is 7.29. The van der Waals surface area contributed by atoms with E-state index in [1.165, 1.54) is 25.4 Å². The SMILES string of the molecule is COC(=O)C1=C(C(=O)OC)[C@H]2C(=C(C)C)[C@H]1[C@]13O[C@@]21[C@H]1CC[C@H]3C1. The van der Waals surface area contributed by atoms with Gasteiger partial charge < -0.3 is 14.2 Å². The molecule has 4 bridgehead atoms. The van der Waals surface area contributed by atoms with Crippen molar-refractivity contribution in [2.24, 2.45) is 23.7 Å². The number of methoxy groups -OCH3 is 2. The minimum Gasteiger partial charge on any atom is -0.466 e. The largest absolute Gasteiger partial charge is 0.466 e. The molecule has 24 heavy (non-hydrogen) atoms. The van der Waals surface area contributed by atoms with Crippen molar-refractivity contribution in [1.82, 2.24) is 0 Å². The average molecular weight is 330 g/mol. The highest BCUT2D eigenvalue weighted by Gasteiger charge is 2.94. The second-order valence-corrected chi connectivity index (χ2v) is 8.03. The fraction of sp³-hybridized carbons (Fsp3) is 0.684. The highest BCUT2D eigenvalue weighted by molar-refractivity contribution is 6.05. The molecule has 0 spiro atoms. The van der Waals surface area contributed by atoms with Gasteiger partial charge in [0.15, 0.2) is 0 Å². The molecule has 0 aromatic carbocycles. The molecule has 128 valence electrons. The first-order valence-electron chi connectivity index (χ1n) is 8.73. The molecule has 4 fully saturated rings. The molecule has 5 rings (SSSR count). The maximum atomic E-state index is 12.6. The lowest BCUT2D eigenvalue weighted by molar-refractivity contribution is -0.140. The van der Waals surface area contributed by atoms with E-state index in [4.69, 9.17) is 14.2 Å². The number of esters is 2. The Morgan fingerprint density at radius 3 is 1.79 bits per heavy atom. The van der Waals surface area contributed by atoms with E-state index in [0.717, 1.165) is 19.3 Å². The smallest absolute Gasteiger partial charge is 0.335 e. The topological polar surface area (TPSA) is 65.1 Å². The van der Waals surface area contributed by atoms with Gasteiger partial charge >= 0.3 is 11.9 Å². The highest BCUT2D eigenvalue weighted by Crippen LogP contribution is 2.86. The van der Waals surface area contributed by atoms with Crippen molar-refractivity contribution in [2.45, 2.75) is 44.3 Å². The molecule has 5 nitrogen and oxygen atoms in total. The van der Waals surface area contributed by atoms with Gasteiger partial charge in [-0.15, -0.1) is 0 Å². The second kappa shape index (κ2) is 4.13. The van der Waals surface area contributed by atoms with Crippen LogP contribution in [0.3, 0.4) is 0 Å². The molecule has 6 atom stereocenters. The minimum absolute atomic E-state index is 0.135. The first kappa shape index (κ1) is 14.7. The van der Waals surface area contributed by atoms with Gasteiger partial charge in [0, 0.05) is 11.8 Å². The van der Waals surface area contributed by atoms with Crippen molar-refractivity contribution in [2.75, 3.05) is 14.2 Å². The molecule has 0 amide bonds. The first-order valence-corrected chi connectivity index (χ1v) is 8.73. The van der Waals surface area contributed by atoms with Gasteiger partial charge in [-0.3, -0.25) is 0 Å². The lowest BCUT2D eigenvalue weighted by Crippen LogP contribution is -2.42. The lowest BCUT2D eigenvalue weighted by Gasteiger charge is -2.29. The van der Waals surface area contributed by atoms with E-state index in [2.05, 4.69) is 13.8 Å². The van der Waals surface area contributed by atoms with E-state index in [9.17, 15) is 9.59 Å². The van der Waals surface area contributed by atoms with E-state index in [0.29, 0.717) is 23.0 Å². The quantitative estimate of drug-likeness (QED) is 0.441. The van der Waals surface area contributed by atoms with Crippen LogP contribution in [0.25, 0.3) is 0 Å². The molecule has 0 N–H and O–H groups in total. The Morgan fingerprint density at radius 2 is 1.42 bits per heavy atom. The summed E-state index contributed by atoms with van der Waals surface area (Å²) in [6, 6.07) is 0. The van der Waals surface area contributed by atoms with Crippen molar-refractivity contribution in [3.8, 4) is 0 Å². The standard InChI is InChI=1S/C19H22O5/c1-8(2)11-14-12(16(20)22-3)13(17(21)23-4)15(11)19-10-6-5-9(7-10)18(14,19)24-19/h9-10,14-15H,5-7H2,1-4H3/t9-,10-,14+,15+,18-,19-/m0/s1. The Bertz CT molecular complexity index is 704. The Labute approximate surface area is 141 Å². The van der Waals surface area contributed by atoms with E-state index < -0.39 is 11.9 Å². The van der Waals surface area contributed by atoms with Crippen LogP contribution in [0.5, 0.6) is 0 Å². The fourth-order valence-corrected chi connectivity index (χ4v) is 6.79. The van der Waals surface area contributed by atoms with Crippen LogP contribution in [0, 0.1) is 23.7 Å². The average Bonchev–Trinajstić information content (AvgIpc) is 2.92. The van der Waals surface area contributed by atoms with Crippen molar-refractivity contribution in [3.05, 3.63) is 22.3 Å². The number of hydrogen-bond donors (Lipinski definition) is 0. The third-order valence-electron chi connectivity index (χ3n) is 7.29. The predicted molar refractivity (Wildman–Crippen MR) is 83.8 cm³/mol. The van der Waals surface area contributed by atoms with Gasteiger partial charge in [-0.2, -0.15) is 0 Å². The van der Waals surface area contributed by atoms with Crippen LogP contribution in [0.1, 0.15) is 33.1 Å². The summed E-state index contributed by atoms with van der Waals surface area (Å²) >= 11 is 0. The van der Waals surface area contributed by atoms with Gasteiger partial charge in [-0.25, -0.2) is 9.59 Å². The molecule has 1 heterocycles. The van der Waals surface area contributed by atoms with Gasteiger partial charge in [0.2, 0.25) is 0 Å². The van der Waals surface area contributed by atoms with Crippen LogP contribution in [-0.4, -0.2) is 37.4 Å². The maximum Gasteiger partial charge on any atom is 0.335 e. The third kappa shape index (κ3) is 1.18. The Hall–Kier alpha value is -1.62. The number of carbonyl (C=O) groups excluding carboxylic acids is 2. The van der Waals surface area contributed by atoms with E-state index in [1.807, 2.05) is 0 Å². The van der Waals surface area contributed by atoms with Gasteiger partial charge in [0.05, 0.1) is 25.4 Å². The lowest BCUT2D eigenvalue weighted by atomic mass is 9.69. The van der Waals surface area contributed by atoms with Crippen molar-refractivity contribution >= 4 is 11.9 Å². The molecule has 1 saturated heterocycles. The number of carbonyl (C=O) groups is 2. The Balaban J connectivity index is 1.79. The first-order chi connectivity index (χ1) is 11.5. The molecular formula is C19H22O5. The van der Waals surface area contributed by atoms with Crippen LogP contribution in [0.15, 0.2) is 22.3 Å². The molecular weight excluding hydrogens is 308 g/mol. The predicted octanol–water partition coefficient (Wildman–Crippen LogP) is 2.16. The van der Waals surface area contributed by atoms with Gasteiger partial charge in [0.25, 0.3) is 0 Å². The molecule has 1 aliphatic heterocycles. The van der Waals surface area contributed by atoms with E-state index in [1.54, 1.807) is 0 Å². The second-order valence-electron chi connectivity index (χ2n) is 8.03. The molecule has 0 unspecified atom stereocenters. The monoisotopic (exact) mass is 330 g/mol. The number of fused-ring (bicyclic) bond motifs is 4. The summed E-state index contributed by atoms with van der Waals surface area (Å²) in [5.41, 5.74) is 2.83. The van der Waals surface area contributed by atoms with Gasteiger partial charge in [-0.05, 0) is 50.5 Å². The molecule has 3 saturated carbocycles. The number of allylic oxidation sites excluding steroid dienone is 1. The zero-order valence-corrected chi connectivity index (χ0v) is 14.5. The van der Waals surface area contributed by atoms with Crippen molar-refractivity contribution < 1.29 is 23.8 Å². The number of rotatable bonds is 2. The number of hydrogen-bond acceptors (Lipinski definition) is 5. The zero-order valence-electron chi connectivity index (χ0n) is 14.5. The highest BCUT2D eigenvalue weighted by atomic mass is 16.6. The number of ether oxygens (including phenoxy) is 3. The van der Waals surface area contributed by atoms with Crippen molar-refractivity contribution in [3.63, 3.8) is 0 Å². The van der Waals surface area contributed by atoms with Crippen LogP contribution in [0.2, 0.25) is 0 Å². The maximum absolute atomic E-state index is 12.6. The normalized spacial score (nSPS) is 46.1. The van der Waals surface area contributed by atoms with Crippen LogP contribution >= 0.6 is 0 Å². The summed E-state index contributed by atoms with van der Waals surface area (Å²) in [6.07, 6.45) is 3.48. The van der Waals surface area contributed by atoms with E-state index in [-0.39, 0.29) is 23.0 Å². The summed E-state index contributed by atoms with van der Waals surface area (Å²) in [4.78, 5) is 25.2. The summed E-state index contributed by atoms with van der Waals surface area (Å²) in [6.45, 7) is 4.14. The summed E-state index contributed by atoms with van der Waals surface area (Å²) in [7, 11) is 2.75. The summed E-state index contributed by atoms with van der Waals surface area (Å²) in [5, 5.41) is 0.